The molecule has 0 aliphatic carbocycles. The van der Waals surface area contributed by atoms with Gasteiger partial charge < -0.3 is 20.4 Å². The second-order valence-corrected chi connectivity index (χ2v) is 7.00. The highest BCUT2D eigenvalue weighted by Crippen LogP contribution is 2.20. The van der Waals surface area contributed by atoms with Crippen LogP contribution in [0.1, 0.15) is 19.3 Å². The zero-order chi connectivity index (χ0) is 18.4. The van der Waals surface area contributed by atoms with Crippen molar-refractivity contribution in [3.63, 3.8) is 0 Å². The van der Waals surface area contributed by atoms with Crippen molar-refractivity contribution in [3.8, 4) is 0 Å². The molecule has 6 nitrogen and oxygen atoms in total. The number of benzene rings is 1. The largest absolute Gasteiger partial charge is 0.340 e. The van der Waals surface area contributed by atoms with Crippen LogP contribution in [0.2, 0.25) is 0 Å². The lowest BCUT2D eigenvalue weighted by Crippen LogP contribution is -2.47. The van der Waals surface area contributed by atoms with E-state index in [1.165, 1.54) is 12.1 Å². The number of carbonyl (C=O) groups excluding carboxylic acids is 2. The fraction of sp³-hybridized carbons (Fsp3) is 0.579. The van der Waals surface area contributed by atoms with Gasteiger partial charge in [-0.25, -0.2) is 4.39 Å². The molecular formula is C19H27FN4O2. The summed E-state index contributed by atoms with van der Waals surface area (Å²) >= 11 is 0. The third-order valence-electron chi connectivity index (χ3n) is 5.16. The van der Waals surface area contributed by atoms with Gasteiger partial charge >= 0.3 is 0 Å². The van der Waals surface area contributed by atoms with Gasteiger partial charge in [0, 0.05) is 50.7 Å². The van der Waals surface area contributed by atoms with Crippen LogP contribution in [-0.2, 0) is 9.59 Å². The minimum absolute atomic E-state index is 0.0489. The van der Waals surface area contributed by atoms with Crippen LogP contribution in [0.25, 0.3) is 0 Å². The van der Waals surface area contributed by atoms with Crippen LogP contribution in [0.5, 0.6) is 0 Å². The first-order valence-electron chi connectivity index (χ1n) is 9.39. The lowest BCUT2D eigenvalue weighted by molar-refractivity contribution is -0.132. The zero-order valence-corrected chi connectivity index (χ0v) is 15.0. The summed E-state index contributed by atoms with van der Waals surface area (Å²) in [6.45, 7) is 5.71. The van der Waals surface area contributed by atoms with E-state index in [9.17, 15) is 14.0 Å². The summed E-state index contributed by atoms with van der Waals surface area (Å²) < 4.78 is 13.2. The van der Waals surface area contributed by atoms with Gasteiger partial charge in [-0.2, -0.15) is 0 Å². The highest BCUT2D eigenvalue weighted by Gasteiger charge is 2.26. The molecule has 2 heterocycles. The average Bonchev–Trinajstić information content (AvgIpc) is 2.67. The molecule has 3 rings (SSSR count). The van der Waals surface area contributed by atoms with Gasteiger partial charge in [-0.3, -0.25) is 9.59 Å². The fourth-order valence-corrected chi connectivity index (χ4v) is 3.56. The minimum Gasteiger partial charge on any atom is -0.340 e. The quantitative estimate of drug-likeness (QED) is 0.829. The van der Waals surface area contributed by atoms with E-state index in [1.807, 2.05) is 4.90 Å². The Balaban J connectivity index is 1.38. The standard InChI is InChI=1S/C19H27FN4O2/c20-16-2-1-3-17(14-16)22-19(26)15-4-9-23(10-5-15)11-6-18(25)24-12-7-21-8-13-24/h1-3,14-15,21H,4-13H2,(H,22,26). The molecule has 2 amide bonds. The highest BCUT2D eigenvalue weighted by molar-refractivity contribution is 5.92. The maximum Gasteiger partial charge on any atom is 0.227 e. The number of hydrogen-bond acceptors (Lipinski definition) is 4. The van der Waals surface area contributed by atoms with Crippen molar-refractivity contribution in [3.05, 3.63) is 30.1 Å². The van der Waals surface area contributed by atoms with E-state index in [-0.39, 0.29) is 23.5 Å². The number of nitrogens with zero attached hydrogens (tertiary/aromatic N) is 2. The number of carbonyl (C=O) groups is 2. The molecule has 142 valence electrons. The van der Waals surface area contributed by atoms with Gasteiger partial charge in [0.25, 0.3) is 0 Å². The first-order chi connectivity index (χ1) is 12.6. The number of likely N-dealkylation sites (tertiary alicyclic amines) is 1. The van der Waals surface area contributed by atoms with Gasteiger partial charge in [0.15, 0.2) is 0 Å². The number of piperazine rings is 1. The summed E-state index contributed by atoms with van der Waals surface area (Å²) in [6.07, 6.45) is 2.08. The summed E-state index contributed by atoms with van der Waals surface area (Å²) in [5, 5.41) is 6.04. The van der Waals surface area contributed by atoms with Crippen molar-refractivity contribution < 1.29 is 14.0 Å². The van der Waals surface area contributed by atoms with Crippen molar-refractivity contribution in [2.24, 2.45) is 5.92 Å². The average molecular weight is 362 g/mol. The monoisotopic (exact) mass is 362 g/mol. The number of nitrogens with one attached hydrogen (secondary N) is 2. The fourth-order valence-electron chi connectivity index (χ4n) is 3.56. The van der Waals surface area contributed by atoms with Crippen molar-refractivity contribution in [1.29, 1.82) is 0 Å². The smallest absolute Gasteiger partial charge is 0.227 e. The van der Waals surface area contributed by atoms with Crippen molar-refractivity contribution in [2.75, 3.05) is 51.1 Å². The van der Waals surface area contributed by atoms with Crippen LogP contribution < -0.4 is 10.6 Å². The number of halogens is 1. The second-order valence-electron chi connectivity index (χ2n) is 7.00. The third-order valence-corrected chi connectivity index (χ3v) is 5.16. The van der Waals surface area contributed by atoms with Crippen molar-refractivity contribution in [1.82, 2.24) is 15.1 Å². The molecule has 0 bridgehead atoms. The molecule has 2 fully saturated rings. The molecule has 2 aliphatic heterocycles. The molecule has 0 aromatic heterocycles. The maximum absolute atomic E-state index is 13.2. The summed E-state index contributed by atoms with van der Waals surface area (Å²) in [4.78, 5) is 28.7. The molecular weight excluding hydrogens is 335 g/mol. The Morgan fingerprint density at radius 2 is 1.88 bits per heavy atom. The lowest BCUT2D eigenvalue weighted by atomic mass is 9.95. The second kappa shape index (κ2) is 9.09. The highest BCUT2D eigenvalue weighted by atomic mass is 19.1. The normalized spacial score (nSPS) is 19.3. The number of anilines is 1. The summed E-state index contributed by atoms with van der Waals surface area (Å²) in [5.41, 5.74) is 0.499. The van der Waals surface area contributed by atoms with Crippen molar-refractivity contribution in [2.45, 2.75) is 19.3 Å². The van der Waals surface area contributed by atoms with Gasteiger partial charge in [-0.1, -0.05) is 6.07 Å². The van der Waals surface area contributed by atoms with Crippen LogP contribution in [0.3, 0.4) is 0 Å². The molecule has 1 aromatic rings. The Kier molecular flexibility index (Phi) is 6.57. The SMILES string of the molecule is O=C(Nc1cccc(F)c1)C1CCN(CCC(=O)N2CCNCC2)CC1. The molecule has 0 radical (unpaired) electrons. The predicted molar refractivity (Wildman–Crippen MR) is 98.3 cm³/mol. The Bertz CT molecular complexity index is 626. The topological polar surface area (TPSA) is 64.7 Å². The first-order valence-corrected chi connectivity index (χ1v) is 9.39. The lowest BCUT2D eigenvalue weighted by Gasteiger charge is -2.32. The van der Waals surface area contributed by atoms with Crippen molar-refractivity contribution >= 4 is 17.5 Å². The van der Waals surface area contributed by atoms with E-state index in [0.29, 0.717) is 12.1 Å². The van der Waals surface area contributed by atoms with Gasteiger partial charge in [0.1, 0.15) is 5.82 Å². The van der Waals surface area contributed by atoms with E-state index in [0.717, 1.165) is 58.7 Å². The maximum atomic E-state index is 13.2. The Hall–Kier alpha value is -1.99. The molecule has 2 N–H and O–H groups in total. The molecule has 2 saturated heterocycles. The molecule has 0 unspecified atom stereocenters. The molecule has 0 atom stereocenters. The first kappa shape index (κ1) is 18.8. The van der Waals surface area contributed by atoms with E-state index in [2.05, 4.69) is 15.5 Å². The molecule has 26 heavy (non-hydrogen) atoms. The van der Waals surface area contributed by atoms with Gasteiger partial charge in [-0.15, -0.1) is 0 Å². The summed E-state index contributed by atoms with van der Waals surface area (Å²) in [5.74, 6) is -0.241. The van der Waals surface area contributed by atoms with Crippen LogP contribution in [-0.4, -0.2) is 67.4 Å². The zero-order valence-electron chi connectivity index (χ0n) is 15.0. The molecule has 0 saturated carbocycles. The van der Waals surface area contributed by atoms with E-state index < -0.39 is 0 Å². The number of amides is 2. The molecule has 1 aromatic carbocycles. The third kappa shape index (κ3) is 5.25. The van der Waals surface area contributed by atoms with Gasteiger partial charge in [0.2, 0.25) is 11.8 Å². The van der Waals surface area contributed by atoms with E-state index >= 15 is 0 Å². The van der Waals surface area contributed by atoms with Crippen LogP contribution >= 0.6 is 0 Å². The number of hydrogen-bond donors (Lipinski definition) is 2. The van der Waals surface area contributed by atoms with Crippen LogP contribution in [0.15, 0.2) is 24.3 Å². The Morgan fingerprint density at radius 3 is 2.58 bits per heavy atom. The molecule has 2 aliphatic rings. The van der Waals surface area contributed by atoms with E-state index in [1.54, 1.807) is 12.1 Å². The summed E-state index contributed by atoms with van der Waals surface area (Å²) in [6, 6.07) is 5.96. The van der Waals surface area contributed by atoms with Gasteiger partial charge in [0.05, 0.1) is 0 Å². The predicted octanol–water partition coefficient (Wildman–Crippen LogP) is 1.30. The number of piperidine rings is 1. The Labute approximate surface area is 153 Å². The minimum atomic E-state index is -0.355. The number of rotatable bonds is 5. The summed E-state index contributed by atoms with van der Waals surface area (Å²) in [7, 11) is 0. The Morgan fingerprint density at radius 1 is 1.15 bits per heavy atom. The molecule has 7 heteroatoms. The van der Waals surface area contributed by atoms with Crippen LogP contribution in [0, 0.1) is 11.7 Å². The van der Waals surface area contributed by atoms with Crippen LogP contribution in [0.4, 0.5) is 10.1 Å². The van der Waals surface area contributed by atoms with Gasteiger partial charge in [-0.05, 0) is 44.1 Å². The van der Waals surface area contributed by atoms with E-state index in [4.69, 9.17) is 0 Å². The molecule has 0 spiro atoms.